The third-order valence-corrected chi connectivity index (χ3v) is 5.25. The minimum absolute atomic E-state index is 0.244. The van der Waals surface area contributed by atoms with Crippen LogP contribution >= 0.6 is 0 Å². The normalized spacial score (nSPS) is 17.5. The summed E-state index contributed by atoms with van der Waals surface area (Å²) in [6.07, 6.45) is 0.393. The highest BCUT2D eigenvalue weighted by molar-refractivity contribution is 5.92. The molecule has 7 heteroatoms. The first kappa shape index (κ1) is 22.7. The second kappa shape index (κ2) is 8.84. The Bertz CT molecular complexity index is 731. The molecule has 0 unspecified atom stereocenters. The number of likely N-dealkylation sites (tertiary alicyclic amines) is 1. The second-order valence-corrected chi connectivity index (χ2v) is 8.95. The van der Waals surface area contributed by atoms with Gasteiger partial charge in [0.15, 0.2) is 0 Å². The molecule has 7 nitrogen and oxygen atoms in total. The molecule has 1 atom stereocenters. The summed E-state index contributed by atoms with van der Waals surface area (Å²) >= 11 is 0. The van der Waals surface area contributed by atoms with Crippen LogP contribution in [0.5, 0.6) is 0 Å². The Morgan fingerprint density at radius 3 is 2.10 bits per heavy atom. The van der Waals surface area contributed by atoms with Crippen molar-refractivity contribution in [2.24, 2.45) is 5.92 Å². The topological polar surface area (TPSA) is 95.9 Å². The Balaban J connectivity index is 2.25. The number of carbonyl (C=O) groups excluding carboxylic acids is 2. The van der Waals surface area contributed by atoms with E-state index in [2.05, 4.69) is 5.32 Å². The van der Waals surface area contributed by atoms with E-state index in [1.54, 1.807) is 18.7 Å². The van der Waals surface area contributed by atoms with Crippen LogP contribution in [0.15, 0.2) is 30.3 Å². The van der Waals surface area contributed by atoms with E-state index in [0.29, 0.717) is 25.9 Å². The molecule has 160 valence electrons. The molecule has 0 saturated carbocycles. The van der Waals surface area contributed by atoms with E-state index in [-0.39, 0.29) is 11.8 Å². The monoisotopic (exact) mass is 404 g/mol. The van der Waals surface area contributed by atoms with Crippen LogP contribution in [0.2, 0.25) is 0 Å². The lowest BCUT2D eigenvalue weighted by Crippen LogP contribution is -2.57. The lowest BCUT2D eigenvalue weighted by molar-refractivity contribution is -0.144. The number of hydrogen-bond acceptors (Lipinski definition) is 4. The Morgan fingerprint density at radius 2 is 1.66 bits per heavy atom. The second-order valence-electron chi connectivity index (χ2n) is 8.95. The van der Waals surface area contributed by atoms with Gasteiger partial charge in [-0.3, -0.25) is 4.79 Å². The molecule has 2 N–H and O–H groups in total. The summed E-state index contributed by atoms with van der Waals surface area (Å²) in [5, 5.41) is 12.2. The van der Waals surface area contributed by atoms with Crippen molar-refractivity contribution in [2.45, 2.75) is 64.5 Å². The van der Waals surface area contributed by atoms with Crippen LogP contribution < -0.4 is 5.32 Å². The van der Waals surface area contributed by atoms with E-state index >= 15 is 0 Å². The quantitative estimate of drug-likeness (QED) is 0.786. The lowest BCUT2D eigenvalue weighted by atomic mass is 9.71. The van der Waals surface area contributed by atoms with Gasteiger partial charge in [-0.05, 0) is 45.1 Å². The SMILES string of the molecule is CC(C)[C@@H](NC(=O)C1(c2ccccc2)CCN(C(=O)OC(C)(C)C)CC1)C(=O)O. The molecule has 1 aliphatic rings. The third-order valence-electron chi connectivity index (χ3n) is 5.25. The number of nitrogens with one attached hydrogen (secondary N) is 1. The fraction of sp³-hybridized carbons (Fsp3) is 0.591. The zero-order valence-corrected chi connectivity index (χ0v) is 17.9. The van der Waals surface area contributed by atoms with Crippen molar-refractivity contribution < 1.29 is 24.2 Å². The molecule has 1 aliphatic heterocycles. The number of amides is 2. The van der Waals surface area contributed by atoms with Crippen molar-refractivity contribution >= 4 is 18.0 Å². The Labute approximate surface area is 172 Å². The molecule has 0 aliphatic carbocycles. The molecule has 29 heavy (non-hydrogen) atoms. The minimum Gasteiger partial charge on any atom is -0.480 e. The van der Waals surface area contributed by atoms with Gasteiger partial charge in [-0.25, -0.2) is 9.59 Å². The zero-order chi connectivity index (χ0) is 21.8. The number of rotatable bonds is 5. The number of aliphatic carboxylic acids is 1. The number of ether oxygens (including phenoxy) is 1. The molecular weight excluding hydrogens is 372 g/mol. The molecule has 0 spiro atoms. The van der Waals surface area contributed by atoms with E-state index in [4.69, 9.17) is 4.74 Å². The third kappa shape index (κ3) is 5.49. The van der Waals surface area contributed by atoms with Crippen molar-refractivity contribution in [3.05, 3.63) is 35.9 Å². The van der Waals surface area contributed by atoms with E-state index in [1.807, 2.05) is 51.1 Å². The van der Waals surface area contributed by atoms with E-state index in [1.165, 1.54) is 0 Å². The van der Waals surface area contributed by atoms with Gasteiger partial charge in [-0.2, -0.15) is 0 Å². The molecule has 2 rings (SSSR count). The molecular formula is C22H32N2O5. The van der Waals surface area contributed by atoms with Crippen LogP contribution in [-0.2, 0) is 19.7 Å². The standard InChI is InChI=1S/C22H32N2O5/c1-15(2)17(18(25)26)23-19(27)22(16-9-7-6-8-10-16)11-13-24(14-12-22)20(28)29-21(3,4)5/h6-10,15,17H,11-14H2,1-5H3,(H,23,27)(H,25,26)/t17-/m1/s1. The zero-order valence-electron chi connectivity index (χ0n) is 17.9. The highest BCUT2D eigenvalue weighted by Crippen LogP contribution is 2.36. The average molecular weight is 405 g/mol. The van der Waals surface area contributed by atoms with Gasteiger partial charge >= 0.3 is 12.1 Å². The van der Waals surface area contributed by atoms with Crippen LogP contribution in [0.25, 0.3) is 0 Å². The van der Waals surface area contributed by atoms with Crippen molar-refractivity contribution in [1.29, 1.82) is 0 Å². The number of carboxylic acid groups (broad SMARTS) is 1. The maximum Gasteiger partial charge on any atom is 0.410 e. The Hall–Kier alpha value is -2.57. The highest BCUT2D eigenvalue weighted by atomic mass is 16.6. The molecule has 1 aromatic carbocycles. The lowest BCUT2D eigenvalue weighted by Gasteiger charge is -2.41. The number of carboxylic acids is 1. The predicted octanol–water partition coefficient (Wildman–Crippen LogP) is 3.18. The molecule has 0 radical (unpaired) electrons. The van der Waals surface area contributed by atoms with Gasteiger partial charge in [0.1, 0.15) is 11.6 Å². The first-order valence-corrected chi connectivity index (χ1v) is 10.0. The van der Waals surface area contributed by atoms with Crippen molar-refractivity contribution in [3.8, 4) is 0 Å². The van der Waals surface area contributed by atoms with E-state index in [9.17, 15) is 19.5 Å². The average Bonchev–Trinajstić information content (AvgIpc) is 2.64. The molecule has 1 aromatic rings. The summed E-state index contributed by atoms with van der Waals surface area (Å²) < 4.78 is 5.45. The molecule has 0 bridgehead atoms. The van der Waals surface area contributed by atoms with Gasteiger partial charge in [0.05, 0.1) is 5.41 Å². The summed E-state index contributed by atoms with van der Waals surface area (Å²) in [7, 11) is 0. The summed E-state index contributed by atoms with van der Waals surface area (Å²) in [4.78, 5) is 38.9. The van der Waals surface area contributed by atoms with Crippen molar-refractivity contribution in [3.63, 3.8) is 0 Å². The summed E-state index contributed by atoms with van der Waals surface area (Å²) in [6.45, 7) is 9.68. The molecule has 1 saturated heterocycles. The number of benzene rings is 1. The largest absolute Gasteiger partial charge is 0.480 e. The molecule has 2 amide bonds. The van der Waals surface area contributed by atoms with Gasteiger partial charge in [0, 0.05) is 13.1 Å². The number of nitrogens with zero attached hydrogens (tertiary/aromatic N) is 1. The maximum atomic E-state index is 13.3. The van der Waals surface area contributed by atoms with Gasteiger partial charge in [0.2, 0.25) is 5.91 Å². The van der Waals surface area contributed by atoms with E-state index < -0.39 is 29.1 Å². The summed E-state index contributed by atoms with van der Waals surface area (Å²) in [5.41, 5.74) is -0.647. The predicted molar refractivity (Wildman–Crippen MR) is 110 cm³/mol. The minimum atomic E-state index is -1.05. The van der Waals surface area contributed by atoms with Crippen LogP contribution in [0, 0.1) is 5.92 Å². The van der Waals surface area contributed by atoms with Gasteiger partial charge in [-0.15, -0.1) is 0 Å². The molecule has 1 fully saturated rings. The van der Waals surface area contributed by atoms with Gasteiger partial charge in [-0.1, -0.05) is 44.2 Å². The van der Waals surface area contributed by atoms with Crippen molar-refractivity contribution in [1.82, 2.24) is 10.2 Å². The smallest absolute Gasteiger partial charge is 0.410 e. The van der Waals surface area contributed by atoms with Gasteiger partial charge in [0.25, 0.3) is 0 Å². The number of hydrogen-bond donors (Lipinski definition) is 2. The number of carbonyl (C=O) groups is 3. The molecule has 0 aromatic heterocycles. The van der Waals surface area contributed by atoms with Crippen LogP contribution in [0.1, 0.15) is 53.0 Å². The van der Waals surface area contributed by atoms with Crippen molar-refractivity contribution in [2.75, 3.05) is 13.1 Å². The van der Waals surface area contributed by atoms with Crippen LogP contribution in [-0.4, -0.2) is 52.7 Å². The van der Waals surface area contributed by atoms with Gasteiger partial charge < -0.3 is 20.1 Å². The highest BCUT2D eigenvalue weighted by Gasteiger charge is 2.45. The fourth-order valence-electron chi connectivity index (χ4n) is 3.59. The van der Waals surface area contributed by atoms with Crippen LogP contribution in [0.3, 0.4) is 0 Å². The van der Waals surface area contributed by atoms with Crippen LogP contribution in [0.4, 0.5) is 4.79 Å². The summed E-state index contributed by atoms with van der Waals surface area (Å²) in [6, 6.07) is 8.40. The maximum absolute atomic E-state index is 13.3. The Kier molecular flexibility index (Phi) is 6.93. The molecule has 1 heterocycles. The first-order chi connectivity index (χ1) is 13.5. The first-order valence-electron chi connectivity index (χ1n) is 10.0. The fourth-order valence-corrected chi connectivity index (χ4v) is 3.59. The summed E-state index contributed by atoms with van der Waals surface area (Å²) in [5.74, 6) is -1.61. The number of piperidine rings is 1. The Morgan fingerprint density at radius 1 is 1.10 bits per heavy atom. The van der Waals surface area contributed by atoms with E-state index in [0.717, 1.165) is 5.56 Å².